The minimum absolute atomic E-state index is 0. The van der Waals surface area contributed by atoms with E-state index in [1.54, 1.807) is 7.11 Å². The van der Waals surface area contributed by atoms with Crippen LogP contribution in [0.5, 0.6) is 11.5 Å². The van der Waals surface area contributed by atoms with E-state index in [0.717, 1.165) is 11.5 Å². The predicted molar refractivity (Wildman–Crippen MR) is 57.9 cm³/mol. The second-order valence-corrected chi connectivity index (χ2v) is 2.31. The maximum Gasteiger partial charge on any atom is 0.119 e. The van der Waals surface area contributed by atoms with Gasteiger partial charge in [0.1, 0.15) is 18.1 Å². The summed E-state index contributed by atoms with van der Waals surface area (Å²) in [6, 6.07) is 7.42. The highest BCUT2D eigenvalue weighted by molar-refractivity contribution is 8.93. The quantitative estimate of drug-likeness (QED) is 0.880. The molecule has 0 unspecified atom stereocenters. The second kappa shape index (κ2) is 6.74. The van der Waals surface area contributed by atoms with E-state index < -0.39 is 0 Å². The van der Waals surface area contributed by atoms with Crippen LogP contribution in [0, 0.1) is 0 Å². The molecular weight excluding hydrogens is 234 g/mol. The Labute approximate surface area is 88.6 Å². The van der Waals surface area contributed by atoms with E-state index in [1.807, 2.05) is 24.3 Å². The predicted octanol–water partition coefficient (Wildman–Crippen LogP) is 1.61. The highest BCUT2D eigenvalue weighted by Crippen LogP contribution is 2.16. The van der Waals surface area contributed by atoms with Crippen LogP contribution in [-0.2, 0) is 0 Å². The van der Waals surface area contributed by atoms with Crippen molar-refractivity contribution in [3.05, 3.63) is 24.3 Å². The van der Waals surface area contributed by atoms with E-state index in [0.29, 0.717) is 13.2 Å². The van der Waals surface area contributed by atoms with Crippen LogP contribution < -0.4 is 15.2 Å². The molecule has 4 heteroatoms. The maximum atomic E-state index is 5.28. The fourth-order valence-electron chi connectivity index (χ4n) is 0.849. The van der Waals surface area contributed by atoms with Crippen molar-refractivity contribution in [3.63, 3.8) is 0 Å². The Morgan fingerprint density at radius 1 is 1.15 bits per heavy atom. The third kappa shape index (κ3) is 4.15. The van der Waals surface area contributed by atoms with Crippen molar-refractivity contribution in [1.29, 1.82) is 0 Å². The van der Waals surface area contributed by atoms with Crippen LogP contribution in [0.4, 0.5) is 0 Å². The Balaban J connectivity index is 0.00000144. The first-order chi connectivity index (χ1) is 5.86. The molecular formula is C9H14BrNO2. The zero-order valence-electron chi connectivity index (χ0n) is 7.53. The van der Waals surface area contributed by atoms with Gasteiger partial charge in [0, 0.05) is 6.54 Å². The lowest BCUT2D eigenvalue weighted by atomic mass is 10.3. The highest BCUT2D eigenvalue weighted by atomic mass is 79.9. The minimum Gasteiger partial charge on any atom is -0.497 e. The molecule has 2 N–H and O–H groups in total. The molecule has 0 amide bonds. The minimum atomic E-state index is 0. The number of rotatable bonds is 4. The summed E-state index contributed by atoms with van der Waals surface area (Å²) in [5.74, 6) is 1.65. The Morgan fingerprint density at radius 2 is 1.69 bits per heavy atom. The molecule has 0 heterocycles. The number of nitrogens with two attached hydrogens (primary N) is 1. The van der Waals surface area contributed by atoms with Crippen LogP contribution in [0.1, 0.15) is 0 Å². The van der Waals surface area contributed by atoms with Crippen LogP contribution in [0.25, 0.3) is 0 Å². The van der Waals surface area contributed by atoms with E-state index in [2.05, 4.69) is 0 Å². The topological polar surface area (TPSA) is 44.5 Å². The largest absolute Gasteiger partial charge is 0.497 e. The monoisotopic (exact) mass is 247 g/mol. The Bertz CT molecular complexity index is 226. The molecule has 0 aromatic heterocycles. The molecule has 0 aliphatic rings. The summed E-state index contributed by atoms with van der Waals surface area (Å²) >= 11 is 0. The number of hydrogen-bond donors (Lipinski definition) is 1. The molecule has 0 radical (unpaired) electrons. The van der Waals surface area contributed by atoms with Crippen LogP contribution in [-0.4, -0.2) is 20.3 Å². The summed E-state index contributed by atoms with van der Waals surface area (Å²) in [5.41, 5.74) is 5.28. The normalized spacial score (nSPS) is 8.77. The summed E-state index contributed by atoms with van der Waals surface area (Å²) in [4.78, 5) is 0. The fraction of sp³-hybridized carbons (Fsp3) is 0.333. The van der Waals surface area contributed by atoms with E-state index in [9.17, 15) is 0 Å². The lowest BCUT2D eigenvalue weighted by Gasteiger charge is -2.04. The van der Waals surface area contributed by atoms with Gasteiger partial charge in [-0.1, -0.05) is 0 Å². The summed E-state index contributed by atoms with van der Waals surface area (Å²) in [6.07, 6.45) is 0. The van der Waals surface area contributed by atoms with Crippen LogP contribution in [0.15, 0.2) is 24.3 Å². The van der Waals surface area contributed by atoms with Crippen LogP contribution in [0.3, 0.4) is 0 Å². The van der Waals surface area contributed by atoms with Gasteiger partial charge in [-0.05, 0) is 24.3 Å². The first-order valence-electron chi connectivity index (χ1n) is 3.83. The van der Waals surface area contributed by atoms with Gasteiger partial charge in [0.15, 0.2) is 0 Å². The average molecular weight is 248 g/mol. The third-order valence-corrected chi connectivity index (χ3v) is 1.45. The molecule has 0 saturated carbocycles. The molecule has 0 spiro atoms. The molecule has 74 valence electrons. The third-order valence-electron chi connectivity index (χ3n) is 1.45. The molecule has 0 atom stereocenters. The molecule has 0 saturated heterocycles. The Kier molecular flexibility index (Phi) is 6.36. The van der Waals surface area contributed by atoms with E-state index in [1.165, 1.54) is 0 Å². The molecule has 0 aliphatic heterocycles. The van der Waals surface area contributed by atoms with E-state index in [4.69, 9.17) is 15.2 Å². The van der Waals surface area contributed by atoms with Crippen molar-refractivity contribution in [3.8, 4) is 11.5 Å². The van der Waals surface area contributed by atoms with Gasteiger partial charge in [0.05, 0.1) is 7.11 Å². The lowest BCUT2D eigenvalue weighted by molar-refractivity contribution is 0.327. The highest BCUT2D eigenvalue weighted by Gasteiger charge is 1.92. The average Bonchev–Trinajstić information content (AvgIpc) is 2.15. The molecule has 0 bridgehead atoms. The SMILES string of the molecule is Br.COc1ccc(OCCN)cc1. The van der Waals surface area contributed by atoms with Crippen molar-refractivity contribution in [2.75, 3.05) is 20.3 Å². The first kappa shape index (κ1) is 12.3. The molecule has 13 heavy (non-hydrogen) atoms. The van der Waals surface area contributed by atoms with Crippen LogP contribution >= 0.6 is 17.0 Å². The number of benzene rings is 1. The zero-order chi connectivity index (χ0) is 8.81. The fourth-order valence-corrected chi connectivity index (χ4v) is 0.849. The van der Waals surface area contributed by atoms with E-state index in [-0.39, 0.29) is 17.0 Å². The van der Waals surface area contributed by atoms with Crippen molar-refractivity contribution in [1.82, 2.24) is 0 Å². The summed E-state index contributed by atoms with van der Waals surface area (Å²) in [7, 11) is 1.63. The molecule has 1 rings (SSSR count). The number of ether oxygens (including phenoxy) is 2. The maximum absolute atomic E-state index is 5.28. The van der Waals surface area contributed by atoms with Crippen molar-refractivity contribution < 1.29 is 9.47 Å². The van der Waals surface area contributed by atoms with Gasteiger partial charge in [-0.2, -0.15) is 0 Å². The van der Waals surface area contributed by atoms with Gasteiger partial charge in [-0.3, -0.25) is 0 Å². The summed E-state index contributed by atoms with van der Waals surface area (Å²) in [6.45, 7) is 1.08. The van der Waals surface area contributed by atoms with Gasteiger partial charge in [0.2, 0.25) is 0 Å². The molecule has 0 aliphatic carbocycles. The first-order valence-corrected chi connectivity index (χ1v) is 3.83. The lowest BCUT2D eigenvalue weighted by Crippen LogP contribution is -2.10. The van der Waals surface area contributed by atoms with Gasteiger partial charge in [0.25, 0.3) is 0 Å². The Hall–Kier alpha value is -0.740. The number of methoxy groups -OCH3 is 1. The number of halogens is 1. The molecule has 1 aromatic carbocycles. The van der Waals surface area contributed by atoms with Crippen molar-refractivity contribution >= 4 is 17.0 Å². The summed E-state index contributed by atoms with van der Waals surface area (Å²) in [5, 5.41) is 0. The van der Waals surface area contributed by atoms with Crippen LogP contribution in [0.2, 0.25) is 0 Å². The van der Waals surface area contributed by atoms with Gasteiger partial charge < -0.3 is 15.2 Å². The van der Waals surface area contributed by atoms with E-state index >= 15 is 0 Å². The van der Waals surface area contributed by atoms with Gasteiger partial charge in [-0.25, -0.2) is 0 Å². The van der Waals surface area contributed by atoms with Crippen molar-refractivity contribution in [2.45, 2.75) is 0 Å². The van der Waals surface area contributed by atoms with Gasteiger partial charge in [-0.15, -0.1) is 17.0 Å². The van der Waals surface area contributed by atoms with Gasteiger partial charge >= 0.3 is 0 Å². The molecule has 0 fully saturated rings. The standard InChI is InChI=1S/C9H13NO2.BrH/c1-11-8-2-4-9(5-3-8)12-7-6-10;/h2-5H,6-7,10H2,1H3;1H. The number of hydrogen-bond acceptors (Lipinski definition) is 3. The summed E-state index contributed by atoms with van der Waals surface area (Å²) < 4.78 is 10.3. The second-order valence-electron chi connectivity index (χ2n) is 2.31. The Morgan fingerprint density at radius 3 is 2.15 bits per heavy atom. The molecule has 3 nitrogen and oxygen atoms in total. The molecule has 1 aromatic rings. The smallest absolute Gasteiger partial charge is 0.119 e. The van der Waals surface area contributed by atoms with Crippen molar-refractivity contribution in [2.24, 2.45) is 5.73 Å². The zero-order valence-corrected chi connectivity index (χ0v) is 9.24.